The summed E-state index contributed by atoms with van der Waals surface area (Å²) in [5.74, 6) is -0.145. The molecule has 0 bridgehead atoms. The van der Waals surface area contributed by atoms with Crippen LogP contribution >= 0.6 is 23.1 Å². The Morgan fingerprint density at radius 1 is 1.22 bits per heavy atom. The highest BCUT2D eigenvalue weighted by Crippen LogP contribution is 2.22. The van der Waals surface area contributed by atoms with E-state index in [0.717, 1.165) is 16.0 Å². The maximum Gasteiger partial charge on any atom is 0.332 e. The normalized spacial score (nSPS) is 11.3. The second kappa shape index (κ2) is 7.64. The lowest BCUT2D eigenvalue weighted by Crippen LogP contribution is -2.37. The number of nitrogens with one attached hydrogen (secondary N) is 1. The third kappa shape index (κ3) is 3.67. The number of aryl methyl sites for hydroxylation is 3. The summed E-state index contributed by atoms with van der Waals surface area (Å²) in [5, 5.41) is 12.1. The van der Waals surface area contributed by atoms with Crippen LogP contribution in [0.3, 0.4) is 0 Å². The minimum Gasteiger partial charge on any atom is -0.313 e. The predicted octanol–water partition coefficient (Wildman–Crippen LogP) is 0.734. The first-order chi connectivity index (χ1) is 12.8. The summed E-state index contributed by atoms with van der Waals surface area (Å²) in [5.41, 5.74) is -0.146. The fourth-order valence-corrected chi connectivity index (χ4v) is 4.03. The highest BCUT2D eigenvalue weighted by molar-refractivity contribution is 7.99. The Morgan fingerprint density at radius 3 is 2.59 bits per heavy atom. The summed E-state index contributed by atoms with van der Waals surface area (Å²) in [4.78, 5) is 41.3. The standard InChI is InChI=1S/C15H19N7O3S2/c1-5-6-22-10-11(20(3)15(25)21(4)12(10)24)17-14(22)26-7-9(23)16-13-19-18-8(2)27-13/h5-7H2,1-4H3,(H,16,19,23). The number of hydrogen-bond acceptors (Lipinski definition) is 8. The zero-order valence-electron chi connectivity index (χ0n) is 15.3. The average molecular weight is 409 g/mol. The molecule has 1 N–H and O–H groups in total. The summed E-state index contributed by atoms with van der Waals surface area (Å²) >= 11 is 2.50. The lowest BCUT2D eigenvalue weighted by molar-refractivity contribution is -0.113. The van der Waals surface area contributed by atoms with Crippen LogP contribution in [-0.2, 0) is 25.4 Å². The quantitative estimate of drug-likeness (QED) is 0.597. The van der Waals surface area contributed by atoms with Crippen molar-refractivity contribution in [2.75, 3.05) is 11.1 Å². The van der Waals surface area contributed by atoms with Gasteiger partial charge in [0.2, 0.25) is 11.0 Å². The fourth-order valence-electron chi connectivity index (χ4n) is 2.60. The molecular weight excluding hydrogens is 390 g/mol. The van der Waals surface area contributed by atoms with Gasteiger partial charge in [-0.1, -0.05) is 30.0 Å². The number of imidazole rings is 1. The van der Waals surface area contributed by atoms with Gasteiger partial charge in [-0.3, -0.25) is 24.0 Å². The number of anilines is 1. The molecule has 0 saturated carbocycles. The van der Waals surface area contributed by atoms with Crippen molar-refractivity contribution in [2.45, 2.75) is 32.0 Å². The largest absolute Gasteiger partial charge is 0.332 e. The zero-order valence-corrected chi connectivity index (χ0v) is 17.0. The first kappa shape index (κ1) is 19.3. The third-order valence-electron chi connectivity index (χ3n) is 3.86. The van der Waals surface area contributed by atoms with Gasteiger partial charge in [-0.05, 0) is 13.3 Å². The molecule has 0 spiro atoms. The molecule has 0 aliphatic rings. The molecule has 3 heterocycles. The number of fused-ring (bicyclic) bond motifs is 1. The Balaban J connectivity index is 1.92. The van der Waals surface area contributed by atoms with Gasteiger partial charge in [-0.25, -0.2) is 9.78 Å². The van der Waals surface area contributed by atoms with Crippen LogP contribution in [0.15, 0.2) is 14.7 Å². The van der Waals surface area contributed by atoms with E-state index in [1.807, 2.05) is 6.92 Å². The van der Waals surface area contributed by atoms with E-state index in [0.29, 0.717) is 28.0 Å². The van der Waals surface area contributed by atoms with Gasteiger partial charge < -0.3 is 4.57 Å². The highest BCUT2D eigenvalue weighted by Gasteiger charge is 2.19. The van der Waals surface area contributed by atoms with Gasteiger partial charge in [0, 0.05) is 20.6 Å². The van der Waals surface area contributed by atoms with Crippen molar-refractivity contribution in [2.24, 2.45) is 14.1 Å². The van der Waals surface area contributed by atoms with E-state index in [-0.39, 0.29) is 11.7 Å². The lowest BCUT2D eigenvalue weighted by Gasteiger charge is -2.07. The maximum atomic E-state index is 12.6. The summed E-state index contributed by atoms with van der Waals surface area (Å²) < 4.78 is 4.18. The summed E-state index contributed by atoms with van der Waals surface area (Å²) in [6, 6.07) is 0. The van der Waals surface area contributed by atoms with Crippen molar-refractivity contribution in [3.05, 3.63) is 25.8 Å². The van der Waals surface area contributed by atoms with Crippen LogP contribution in [0.1, 0.15) is 18.4 Å². The highest BCUT2D eigenvalue weighted by atomic mass is 32.2. The minimum absolute atomic E-state index is 0.0971. The number of carbonyl (C=O) groups excluding carboxylic acids is 1. The van der Waals surface area contributed by atoms with Crippen LogP contribution < -0.4 is 16.6 Å². The number of rotatable bonds is 6. The number of aromatic nitrogens is 6. The fraction of sp³-hybridized carbons (Fsp3) is 0.467. The second-order valence-electron chi connectivity index (χ2n) is 5.89. The molecule has 12 heteroatoms. The van der Waals surface area contributed by atoms with E-state index >= 15 is 0 Å². The predicted molar refractivity (Wildman–Crippen MR) is 105 cm³/mol. The Kier molecular flexibility index (Phi) is 5.46. The maximum absolute atomic E-state index is 12.6. The molecule has 144 valence electrons. The van der Waals surface area contributed by atoms with E-state index < -0.39 is 11.2 Å². The Bertz CT molecular complexity index is 1130. The summed E-state index contributed by atoms with van der Waals surface area (Å²) in [7, 11) is 3.02. The molecule has 0 aliphatic carbocycles. The monoisotopic (exact) mass is 409 g/mol. The van der Waals surface area contributed by atoms with Gasteiger partial charge in [0.1, 0.15) is 5.01 Å². The van der Waals surface area contributed by atoms with Crippen molar-refractivity contribution in [3.63, 3.8) is 0 Å². The van der Waals surface area contributed by atoms with Gasteiger partial charge >= 0.3 is 5.69 Å². The first-order valence-corrected chi connectivity index (χ1v) is 10.0. The van der Waals surface area contributed by atoms with Gasteiger partial charge in [0.05, 0.1) is 5.75 Å². The van der Waals surface area contributed by atoms with Gasteiger partial charge in [0.25, 0.3) is 5.56 Å². The number of amides is 1. The van der Waals surface area contributed by atoms with Crippen molar-refractivity contribution in [1.82, 2.24) is 28.9 Å². The van der Waals surface area contributed by atoms with Crippen LogP contribution in [-0.4, -0.2) is 40.5 Å². The van der Waals surface area contributed by atoms with Crippen LogP contribution in [0.25, 0.3) is 11.2 Å². The van der Waals surface area contributed by atoms with Crippen LogP contribution in [0.2, 0.25) is 0 Å². The van der Waals surface area contributed by atoms with Gasteiger partial charge in [0.15, 0.2) is 16.3 Å². The lowest BCUT2D eigenvalue weighted by atomic mass is 10.4. The van der Waals surface area contributed by atoms with Crippen LogP contribution in [0, 0.1) is 6.92 Å². The second-order valence-corrected chi connectivity index (χ2v) is 8.01. The van der Waals surface area contributed by atoms with Crippen LogP contribution in [0.4, 0.5) is 5.13 Å². The topological polar surface area (TPSA) is 117 Å². The molecule has 1 amide bonds. The van der Waals surface area contributed by atoms with E-state index in [2.05, 4.69) is 20.5 Å². The Labute approximate surface area is 162 Å². The molecule has 0 fully saturated rings. The average Bonchev–Trinajstić information content (AvgIpc) is 3.20. The van der Waals surface area contributed by atoms with Crippen molar-refractivity contribution in [1.29, 1.82) is 0 Å². The van der Waals surface area contributed by atoms with E-state index in [9.17, 15) is 14.4 Å². The minimum atomic E-state index is -0.436. The van der Waals surface area contributed by atoms with E-state index in [1.54, 1.807) is 18.5 Å². The number of carbonyl (C=O) groups is 1. The molecule has 3 aromatic heterocycles. The number of hydrogen-bond donors (Lipinski definition) is 1. The van der Waals surface area contributed by atoms with Crippen molar-refractivity contribution >= 4 is 45.3 Å². The zero-order chi connectivity index (χ0) is 19.7. The summed E-state index contributed by atoms with van der Waals surface area (Å²) in [6.45, 7) is 4.35. The van der Waals surface area contributed by atoms with Crippen molar-refractivity contribution < 1.29 is 4.79 Å². The molecular formula is C15H19N7O3S2. The summed E-state index contributed by atoms with van der Waals surface area (Å²) in [6.07, 6.45) is 0.779. The molecule has 0 atom stereocenters. The smallest absolute Gasteiger partial charge is 0.313 e. The van der Waals surface area contributed by atoms with E-state index in [4.69, 9.17) is 0 Å². The molecule has 0 saturated heterocycles. The van der Waals surface area contributed by atoms with Gasteiger partial charge in [-0.2, -0.15) is 0 Å². The molecule has 0 radical (unpaired) electrons. The molecule has 3 aromatic rings. The molecule has 0 unspecified atom stereocenters. The molecule has 0 aromatic carbocycles. The Hall–Kier alpha value is -2.47. The number of nitrogens with zero attached hydrogens (tertiary/aromatic N) is 6. The molecule has 27 heavy (non-hydrogen) atoms. The molecule has 0 aliphatic heterocycles. The molecule has 10 nitrogen and oxygen atoms in total. The van der Waals surface area contributed by atoms with E-state index in [1.165, 1.54) is 34.7 Å². The van der Waals surface area contributed by atoms with Crippen LogP contribution in [0.5, 0.6) is 0 Å². The number of thioether (sulfide) groups is 1. The molecule has 3 rings (SSSR count). The van der Waals surface area contributed by atoms with Crippen molar-refractivity contribution in [3.8, 4) is 0 Å². The van der Waals surface area contributed by atoms with Gasteiger partial charge in [-0.15, -0.1) is 10.2 Å². The third-order valence-corrected chi connectivity index (χ3v) is 5.60. The first-order valence-electron chi connectivity index (χ1n) is 8.22. The SMILES string of the molecule is CCCn1c(SCC(=O)Nc2nnc(C)s2)nc2c1c(=O)n(C)c(=O)n2C. The Morgan fingerprint density at radius 2 is 1.96 bits per heavy atom.